The van der Waals surface area contributed by atoms with Gasteiger partial charge in [-0.1, -0.05) is 0 Å². The summed E-state index contributed by atoms with van der Waals surface area (Å²) >= 11 is 0. The van der Waals surface area contributed by atoms with Crippen LogP contribution >= 0.6 is 0 Å². The van der Waals surface area contributed by atoms with Crippen molar-refractivity contribution in [2.24, 2.45) is 4.99 Å². The van der Waals surface area contributed by atoms with Crippen molar-refractivity contribution < 1.29 is 13.2 Å². The lowest BCUT2D eigenvalue weighted by molar-refractivity contribution is 0.411. The summed E-state index contributed by atoms with van der Waals surface area (Å²) in [4.78, 5) is 3.76. The minimum Gasteiger partial charge on any atom is -0.472 e. The molecule has 56 valence electrons. The third-order valence-electron chi connectivity index (χ3n) is 1.18. The number of allylic oxidation sites excluding steroid dienone is 1. The number of nitrogens with zero attached hydrogens (tertiary/aromatic N) is 1. The van der Waals surface area contributed by atoms with Crippen LogP contribution in [0, 0.1) is 0 Å². The normalized spacial score (nSPS) is 21.8. The molecule has 0 amide bonds. The highest BCUT2D eigenvalue weighted by atomic mass is 32.2. The number of rotatable bonds is 0. The molecule has 0 saturated carbocycles. The van der Waals surface area contributed by atoms with E-state index in [1.54, 1.807) is 0 Å². The molecule has 0 spiro atoms. The van der Waals surface area contributed by atoms with Gasteiger partial charge in [-0.25, -0.2) is 13.4 Å². The lowest BCUT2D eigenvalue weighted by Crippen LogP contribution is -2.12. The zero-order chi connectivity index (χ0) is 7.78. The van der Waals surface area contributed by atoms with Crippen molar-refractivity contribution in [2.75, 3.05) is 7.11 Å². The molecular weight excluding hydrogens is 154 g/mol. The molecule has 0 bridgehead atoms. The van der Waals surface area contributed by atoms with Gasteiger partial charge in [-0.15, -0.1) is 0 Å². The summed E-state index contributed by atoms with van der Waals surface area (Å²) in [6, 6.07) is 0. The summed E-state index contributed by atoms with van der Waals surface area (Å²) in [5.74, 6) is 0. The molecule has 0 radical (unpaired) electrons. The zero-order valence-corrected chi connectivity index (χ0v) is 6.47. The average Bonchev–Trinajstić information content (AvgIpc) is 2.10. The second-order valence-corrected chi connectivity index (χ2v) is 3.84. The Morgan fingerprint density at radius 1 is 1.60 bits per heavy atom. The van der Waals surface area contributed by atoms with E-state index in [1.165, 1.54) is 20.2 Å². The molecule has 4 nitrogen and oxygen atoms in total. The molecule has 0 aliphatic carbocycles. The molecule has 1 aliphatic heterocycles. The molecule has 1 rings (SSSR count). The number of methoxy groups -OCH3 is 1. The van der Waals surface area contributed by atoms with Gasteiger partial charge in [0.15, 0.2) is 0 Å². The van der Waals surface area contributed by atoms with E-state index in [2.05, 4.69) is 9.73 Å². The molecule has 5 heteroatoms. The fourth-order valence-electron chi connectivity index (χ4n) is 0.583. The first-order chi connectivity index (χ1) is 4.59. The number of aliphatic imine (C=N–C) groups is 1. The fourth-order valence-corrected chi connectivity index (χ4v) is 1.46. The molecule has 0 fully saturated rings. The van der Waals surface area contributed by atoms with Crippen LogP contribution in [0.1, 0.15) is 6.92 Å². The Morgan fingerprint density at radius 3 is 2.40 bits per heavy atom. The van der Waals surface area contributed by atoms with Gasteiger partial charge in [0.25, 0.3) is 9.84 Å². The molecule has 10 heavy (non-hydrogen) atoms. The van der Waals surface area contributed by atoms with E-state index in [9.17, 15) is 8.42 Å². The second-order valence-electron chi connectivity index (χ2n) is 1.84. The Kier molecular flexibility index (Phi) is 1.52. The Labute approximate surface area is 59.1 Å². The molecule has 0 N–H and O–H groups in total. The highest BCUT2D eigenvalue weighted by Gasteiger charge is 2.27. The quantitative estimate of drug-likeness (QED) is 0.512. The van der Waals surface area contributed by atoms with Crippen molar-refractivity contribution in [1.29, 1.82) is 0 Å². The van der Waals surface area contributed by atoms with Crippen LogP contribution in [0.4, 0.5) is 0 Å². The molecule has 1 heterocycles. The molecule has 0 atom stereocenters. The van der Waals surface area contributed by atoms with Gasteiger partial charge in [-0.3, -0.25) is 0 Å². The van der Waals surface area contributed by atoms with Crippen LogP contribution in [-0.4, -0.2) is 20.8 Å². The zero-order valence-electron chi connectivity index (χ0n) is 5.66. The van der Waals surface area contributed by atoms with Crippen LogP contribution in [0.25, 0.3) is 0 Å². The topological polar surface area (TPSA) is 55.7 Å². The summed E-state index contributed by atoms with van der Waals surface area (Å²) in [5, 5.41) is -0.218. The third-order valence-corrected chi connectivity index (χ3v) is 2.87. The van der Waals surface area contributed by atoms with E-state index < -0.39 is 9.84 Å². The summed E-state index contributed by atoms with van der Waals surface area (Å²) < 4.78 is 26.5. The van der Waals surface area contributed by atoms with Gasteiger partial charge in [0.2, 0.25) is 0 Å². The lowest BCUT2D eigenvalue weighted by Gasteiger charge is -1.97. The predicted octanol–water partition coefficient (Wildman–Crippen LogP) is 0.278. The van der Waals surface area contributed by atoms with Gasteiger partial charge >= 0.3 is 5.23 Å². The van der Waals surface area contributed by atoms with Crippen LogP contribution in [0.2, 0.25) is 0 Å². The largest absolute Gasteiger partial charge is 0.472 e. The molecule has 0 aromatic rings. The van der Waals surface area contributed by atoms with Crippen molar-refractivity contribution in [3.05, 3.63) is 11.1 Å². The van der Waals surface area contributed by atoms with Crippen molar-refractivity contribution in [2.45, 2.75) is 6.92 Å². The lowest BCUT2D eigenvalue weighted by atomic mass is 10.7. The Morgan fingerprint density at radius 2 is 2.20 bits per heavy atom. The number of sulfone groups is 1. The monoisotopic (exact) mass is 161 g/mol. The maximum Gasteiger partial charge on any atom is 0.314 e. The second kappa shape index (κ2) is 2.09. The maximum atomic E-state index is 11.0. The van der Waals surface area contributed by atoms with Crippen LogP contribution < -0.4 is 0 Å². The molecular formula is C5H7NO3S. The number of hydrogen-bond donors (Lipinski definition) is 0. The first kappa shape index (κ1) is 7.27. The minimum absolute atomic E-state index is 0.218. The van der Waals surface area contributed by atoms with Crippen LogP contribution in [-0.2, 0) is 14.6 Å². The van der Waals surface area contributed by atoms with E-state index in [1.807, 2.05) is 0 Å². The third kappa shape index (κ3) is 0.824. The maximum absolute atomic E-state index is 11.0. The van der Waals surface area contributed by atoms with Crippen LogP contribution in [0.15, 0.2) is 16.1 Å². The molecule has 0 unspecified atom stereocenters. The van der Waals surface area contributed by atoms with E-state index in [0.717, 1.165) is 0 Å². The summed E-state index contributed by atoms with van der Waals surface area (Å²) in [7, 11) is -2.05. The molecule has 0 aromatic carbocycles. The predicted molar refractivity (Wildman–Crippen MR) is 37.1 cm³/mol. The van der Waals surface area contributed by atoms with Crippen molar-refractivity contribution in [1.82, 2.24) is 0 Å². The summed E-state index contributed by atoms with van der Waals surface area (Å²) in [5.41, 5.74) is 0. The standard InChI is InChI=1S/C5H7NO3S/c1-4-3-6-5(9-2)10(4,7)8/h3H,1-2H3. The van der Waals surface area contributed by atoms with Gasteiger partial charge in [0, 0.05) is 6.20 Å². The molecule has 0 saturated heterocycles. The van der Waals surface area contributed by atoms with Crippen molar-refractivity contribution >= 4 is 15.1 Å². The van der Waals surface area contributed by atoms with Crippen molar-refractivity contribution in [3.8, 4) is 0 Å². The first-order valence-electron chi connectivity index (χ1n) is 2.62. The highest BCUT2D eigenvalue weighted by molar-refractivity contribution is 8.09. The van der Waals surface area contributed by atoms with Gasteiger partial charge in [-0.05, 0) is 6.92 Å². The Balaban J connectivity index is 3.14. The van der Waals surface area contributed by atoms with E-state index in [0.29, 0.717) is 0 Å². The van der Waals surface area contributed by atoms with E-state index in [4.69, 9.17) is 0 Å². The number of hydrogen-bond acceptors (Lipinski definition) is 4. The van der Waals surface area contributed by atoms with E-state index >= 15 is 0 Å². The smallest absolute Gasteiger partial charge is 0.314 e. The first-order valence-corrected chi connectivity index (χ1v) is 4.11. The minimum atomic E-state index is -3.33. The summed E-state index contributed by atoms with van der Waals surface area (Å²) in [6.45, 7) is 1.48. The van der Waals surface area contributed by atoms with E-state index in [-0.39, 0.29) is 10.1 Å². The van der Waals surface area contributed by atoms with Gasteiger partial charge < -0.3 is 4.74 Å². The van der Waals surface area contributed by atoms with Gasteiger partial charge in [-0.2, -0.15) is 0 Å². The summed E-state index contributed by atoms with van der Waals surface area (Å²) in [6.07, 6.45) is 1.27. The SMILES string of the molecule is COC1=NC=C(C)S1(=O)=O. The van der Waals surface area contributed by atoms with Crippen LogP contribution in [0.5, 0.6) is 0 Å². The Bertz CT molecular complexity index is 299. The molecule has 0 aromatic heterocycles. The van der Waals surface area contributed by atoms with Gasteiger partial charge in [0.1, 0.15) is 0 Å². The van der Waals surface area contributed by atoms with Crippen LogP contribution in [0.3, 0.4) is 0 Å². The number of ether oxygens (including phenoxy) is 1. The Hall–Kier alpha value is -0.840. The van der Waals surface area contributed by atoms with Gasteiger partial charge in [0.05, 0.1) is 12.0 Å². The highest BCUT2D eigenvalue weighted by Crippen LogP contribution is 2.15. The van der Waals surface area contributed by atoms with Crippen molar-refractivity contribution in [3.63, 3.8) is 0 Å². The molecule has 1 aliphatic rings. The fraction of sp³-hybridized carbons (Fsp3) is 0.400. The average molecular weight is 161 g/mol.